The van der Waals surface area contributed by atoms with Crippen molar-refractivity contribution in [1.29, 1.82) is 0 Å². The van der Waals surface area contributed by atoms with Crippen molar-refractivity contribution < 1.29 is 8.85 Å². The molecule has 0 N–H and O–H groups in total. The number of rotatable bonds is 4. The van der Waals surface area contributed by atoms with Crippen LogP contribution in [0.5, 0.6) is 0 Å². The minimum atomic E-state index is -1.99. The molecule has 0 radical (unpaired) electrons. The zero-order chi connectivity index (χ0) is 13.2. The molecule has 2 nitrogen and oxygen atoms in total. The molecule has 2 saturated carbocycles. The summed E-state index contributed by atoms with van der Waals surface area (Å²) in [5.74, 6) is 1.73. The monoisotopic (exact) mass is 270 g/mol. The maximum atomic E-state index is 6.12. The van der Waals surface area contributed by atoms with Gasteiger partial charge in [-0.1, -0.05) is 33.1 Å². The highest BCUT2D eigenvalue weighted by Crippen LogP contribution is 2.51. The fourth-order valence-corrected chi connectivity index (χ4v) is 9.26. The predicted molar refractivity (Wildman–Crippen MR) is 77.9 cm³/mol. The second-order valence-electron chi connectivity index (χ2n) is 6.71. The van der Waals surface area contributed by atoms with Crippen LogP contribution < -0.4 is 0 Å². The summed E-state index contributed by atoms with van der Waals surface area (Å²) < 4.78 is 12.2. The maximum Gasteiger partial charge on any atom is 0.344 e. The van der Waals surface area contributed by atoms with E-state index in [0.29, 0.717) is 0 Å². The quantitative estimate of drug-likeness (QED) is 0.701. The van der Waals surface area contributed by atoms with Crippen molar-refractivity contribution in [1.82, 2.24) is 0 Å². The molecule has 4 unspecified atom stereocenters. The Hall–Kier alpha value is 0.137. The molecule has 4 atom stereocenters. The first-order valence-corrected chi connectivity index (χ1v) is 9.69. The summed E-state index contributed by atoms with van der Waals surface area (Å²) >= 11 is 0. The van der Waals surface area contributed by atoms with Crippen molar-refractivity contribution in [3.8, 4) is 0 Å². The van der Waals surface area contributed by atoms with Crippen molar-refractivity contribution >= 4 is 8.56 Å². The van der Waals surface area contributed by atoms with Gasteiger partial charge >= 0.3 is 8.56 Å². The largest absolute Gasteiger partial charge is 0.397 e. The Morgan fingerprint density at radius 2 is 1.33 bits per heavy atom. The van der Waals surface area contributed by atoms with Gasteiger partial charge in [0.1, 0.15) is 0 Å². The first-order chi connectivity index (χ1) is 8.62. The van der Waals surface area contributed by atoms with Crippen LogP contribution in [-0.2, 0) is 8.85 Å². The zero-order valence-electron chi connectivity index (χ0n) is 12.6. The molecule has 0 aliphatic heterocycles. The molecule has 0 heterocycles. The Bertz CT molecular complexity index is 265. The van der Waals surface area contributed by atoms with Gasteiger partial charge < -0.3 is 8.85 Å². The van der Waals surface area contributed by atoms with Gasteiger partial charge in [-0.05, 0) is 37.5 Å². The van der Waals surface area contributed by atoms with E-state index < -0.39 is 8.56 Å². The normalized spacial score (nSPS) is 38.0. The smallest absolute Gasteiger partial charge is 0.344 e. The van der Waals surface area contributed by atoms with Gasteiger partial charge in [0.2, 0.25) is 0 Å². The molecule has 0 spiro atoms. The van der Waals surface area contributed by atoms with E-state index in [9.17, 15) is 0 Å². The molecule has 0 aromatic carbocycles. The molecule has 2 fully saturated rings. The van der Waals surface area contributed by atoms with E-state index in [0.717, 1.165) is 22.9 Å². The van der Waals surface area contributed by atoms with E-state index in [1.54, 1.807) is 0 Å². The first kappa shape index (κ1) is 14.5. The van der Waals surface area contributed by atoms with Crippen LogP contribution in [0.2, 0.25) is 11.1 Å². The van der Waals surface area contributed by atoms with E-state index in [1.165, 1.54) is 44.9 Å². The highest BCUT2D eigenvalue weighted by molar-refractivity contribution is 6.70. The Morgan fingerprint density at radius 3 is 1.83 bits per heavy atom. The zero-order valence-corrected chi connectivity index (χ0v) is 13.6. The molecule has 0 amide bonds. The summed E-state index contributed by atoms with van der Waals surface area (Å²) in [4.78, 5) is 0. The summed E-state index contributed by atoms with van der Waals surface area (Å²) in [6.45, 7) is 4.78. The average Bonchev–Trinajstić information content (AvgIpc) is 2.79. The molecule has 0 saturated heterocycles. The van der Waals surface area contributed by atoms with Crippen LogP contribution in [0.4, 0.5) is 0 Å². The maximum absolute atomic E-state index is 6.12. The van der Waals surface area contributed by atoms with Gasteiger partial charge in [-0.3, -0.25) is 0 Å². The summed E-state index contributed by atoms with van der Waals surface area (Å²) in [6.07, 6.45) is 9.47. The van der Waals surface area contributed by atoms with Crippen molar-refractivity contribution in [3.63, 3.8) is 0 Å². The van der Waals surface area contributed by atoms with Crippen LogP contribution in [-0.4, -0.2) is 22.8 Å². The topological polar surface area (TPSA) is 18.5 Å². The van der Waals surface area contributed by atoms with Gasteiger partial charge in [0.15, 0.2) is 0 Å². The molecule has 18 heavy (non-hydrogen) atoms. The average molecular weight is 270 g/mol. The van der Waals surface area contributed by atoms with Crippen molar-refractivity contribution in [2.75, 3.05) is 14.2 Å². The molecular formula is C15H30O2Si. The lowest BCUT2D eigenvalue weighted by Crippen LogP contribution is -2.50. The van der Waals surface area contributed by atoms with Gasteiger partial charge in [0.25, 0.3) is 0 Å². The Balaban J connectivity index is 2.14. The minimum Gasteiger partial charge on any atom is -0.397 e. The van der Waals surface area contributed by atoms with E-state index >= 15 is 0 Å². The van der Waals surface area contributed by atoms with Crippen molar-refractivity contribution in [2.24, 2.45) is 11.8 Å². The van der Waals surface area contributed by atoms with Crippen molar-refractivity contribution in [2.45, 2.75) is 69.9 Å². The van der Waals surface area contributed by atoms with Gasteiger partial charge in [-0.15, -0.1) is 0 Å². The van der Waals surface area contributed by atoms with E-state index in [4.69, 9.17) is 8.85 Å². The summed E-state index contributed by atoms with van der Waals surface area (Å²) in [5.41, 5.74) is 1.46. The van der Waals surface area contributed by atoms with Crippen LogP contribution in [0, 0.1) is 11.8 Å². The second kappa shape index (κ2) is 6.06. The van der Waals surface area contributed by atoms with Crippen LogP contribution in [0.15, 0.2) is 0 Å². The molecule has 0 aromatic heterocycles. The fourth-order valence-electron chi connectivity index (χ4n) is 4.46. The van der Waals surface area contributed by atoms with Crippen molar-refractivity contribution in [3.05, 3.63) is 0 Å². The molecule has 2 aliphatic carbocycles. The summed E-state index contributed by atoms with van der Waals surface area (Å²) in [6, 6.07) is 0. The van der Waals surface area contributed by atoms with Gasteiger partial charge in [-0.25, -0.2) is 0 Å². The van der Waals surface area contributed by atoms with Crippen LogP contribution in [0.3, 0.4) is 0 Å². The summed E-state index contributed by atoms with van der Waals surface area (Å²) in [7, 11) is 1.84. The van der Waals surface area contributed by atoms with Gasteiger partial charge in [-0.2, -0.15) is 0 Å². The molecule has 0 aromatic rings. The Morgan fingerprint density at radius 1 is 0.778 bits per heavy atom. The third-order valence-corrected chi connectivity index (χ3v) is 10.0. The van der Waals surface area contributed by atoms with Crippen LogP contribution in [0.25, 0.3) is 0 Å². The lowest BCUT2D eigenvalue weighted by Gasteiger charge is -2.42. The molecule has 2 aliphatic rings. The van der Waals surface area contributed by atoms with E-state index in [2.05, 4.69) is 13.8 Å². The molecule has 0 bridgehead atoms. The lowest BCUT2D eigenvalue weighted by atomic mass is 9.90. The third kappa shape index (κ3) is 2.68. The SMILES string of the molecule is CO[Si](OC)(C1CCCC(C)C1)C1CCC(C)C1. The number of hydrogen-bond acceptors (Lipinski definition) is 2. The van der Waals surface area contributed by atoms with E-state index in [-0.39, 0.29) is 0 Å². The predicted octanol–water partition coefficient (Wildman–Crippen LogP) is 4.49. The lowest BCUT2D eigenvalue weighted by molar-refractivity contribution is 0.194. The third-order valence-electron chi connectivity index (χ3n) is 5.41. The van der Waals surface area contributed by atoms with Crippen LogP contribution in [0.1, 0.15) is 58.8 Å². The molecule has 2 rings (SSSR count). The van der Waals surface area contributed by atoms with E-state index in [1.807, 2.05) is 14.2 Å². The highest BCUT2D eigenvalue weighted by Gasteiger charge is 2.53. The first-order valence-electron chi connectivity index (χ1n) is 7.72. The molecule has 3 heteroatoms. The second-order valence-corrected chi connectivity index (χ2v) is 10.6. The fraction of sp³-hybridized carbons (Fsp3) is 1.00. The highest BCUT2D eigenvalue weighted by atomic mass is 28.4. The molecular weight excluding hydrogens is 240 g/mol. The van der Waals surface area contributed by atoms with Gasteiger partial charge in [0, 0.05) is 25.3 Å². The summed E-state index contributed by atoms with van der Waals surface area (Å²) in [5, 5.41) is 0. The Labute approximate surface area is 114 Å². The van der Waals surface area contributed by atoms with Crippen LogP contribution >= 0.6 is 0 Å². The minimum absolute atomic E-state index is 0.728. The van der Waals surface area contributed by atoms with Gasteiger partial charge in [0.05, 0.1) is 0 Å². The standard InChI is InChI=1S/C15H30O2Si/c1-12-6-5-7-14(10-12)18(16-3,17-4)15-9-8-13(2)11-15/h12-15H,5-11H2,1-4H3. The molecule has 106 valence electrons. The Kier molecular flexibility index (Phi) is 4.90. The number of hydrogen-bond donors (Lipinski definition) is 0.